The van der Waals surface area contributed by atoms with Gasteiger partial charge in [0.2, 0.25) is 6.16 Å². The second-order valence-electron chi connectivity index (χ2n) is 0.533. The van der Waals surface area contributed by atoms with Gasteiger partial charge in [0.25, 0.3) is 0 Å². The fourth-order valence-corrected chi connectivity index (χ4v) is 0. The van der Waals surface area contributed by atoms with E-state index in [1.54, 1.807) is 0 Å². The van der Waals surface area contributed by atoms with Crippen LogP contribution < -0.4 is 34.7 Å². The van der Waals surface area contributed by atoms with E-state index in [4.69, 9.17) is 15.0 Å². The fourth-order valence-electron chi connectivity index (χ4n) is 0. The number of hydrogen-bond donors (Lipinski definition) is 1. The first-order valence-corrected chi connectivity index (χ1v) is 1.61. The molecular weight excluding hydrogens is 126 g/mol. The van der Waals surface area contributed by atoms with Gasteiger partial charge in [-0.15, -0.1) is 0 Å². The normalized spacial score (nSPS) is 5.25. The van der Waals surface area contributed by atoms with Crippen LogP contribution in [-0.2, 0) is 0 Å². The van der Waals surface area contributed by atoms with Crippen LogP contribution in [0.4, 0.5) is 9.18 Å². The van der Waals surface area contributed by atoms with E-state index in [1.807, 2.05) is 0 Å². The monoisotopic (exact) mass is 132 g/mol. The van der Waals surface area contributed by atoms with Crippen molar-refractivity contribution in [1.82, 2.24) is 0 Å². The maximum Gasteiger partial charge on any atom is 1.00 e. The van der Waals surface area contributed by atoms with Gasteiger partial charge in [-0.2, -0.15) is 0 Å². The van der Waals surface area contributed by atoms with E-state index in [-0.39, 0.29) is 36.2 Å². The molecule has 0 rings (SSSR count). The summed E-state index contributed by atoms with van der Waals surface area (Å²) >= 11 is 0. The van der Waals surface area contributed by atoms with Crippen molar-refractivity contribution in [2.45, 2.75) is 6.92 Å². The molecule has 0 aromatic heterocycles. The molecule has 0 saturated heterocycles. The minimum atomic E-state index is -2.08. The van der Waals surface area contributed by atoms with Crippen LogP contribution in [0.5, 0.6) is 0 Å². The van der Waals surface area contributed by atoms with Crippen LogP contribution in [0.3, 0.4) is 0 Å². The summed E-state index contributed by atoms with van der Waals surface area (Å²) < 4.78 is 10.3. The Morgan fingerprint density at radius 1 is 1.88 bits per heavy atom. The average Bonchev–Trinajstić information content (AvgIpc) is 1.33. The van der Waals surface area contributed by atoms with Crippen LogP contribution in [-0.4, -0.2) is 17.9 Å². The van der Waals surface area contributed by atoms with E-state index in [0.717, 1.165) is 0 Å². The molecule has 0 amide bonds. The van der Waals surface area contributed by atoms with Gasteiger partial charge in [0, 0.05) is 0 Å². The maximum absolute atomic E-state index is 10.3. The SMILES string of the molecule is CCF.O=C([O-])O.[Na+]. The molecule has 0 radical (unpaired) electrons. The van der Waals surface area contributed by atoms with Gasteiger partial charge in [0.05, 0.1) is 6.67 Å². The Labute approximate surface area is 68.8 Å². The summed E-state index contributed by atoms with van der Waals surface area (Å²) in [4.78, 5) is 8.44. The molecule has 44 valence electrons. The number of halogens is 1. The Morgan fingerprint density at radius 2 is 1.88 bits per heavy atom. The first kappa shape index (κ1) is 15.7. The molecule has 0 aromatic rings. The quantitative estimate of drug-likeness (QED) is 0.354. The van der Waals surface area contributed by atoms with Crippen molar-refractivity contribution in [2.75, 3.05) is 6.67 Å². The fraction of sp³-hybridized carbons (Fsp3) is 0.667. The molecule has 0 atom stereocenters. The number of rotatable bonds is 0. The van der Waals surface area contributed by atoms with E-state index in [0.29, 0.717) is 0 Å². The second kappa shape index (κ2) is 15.7. The summed E-state index contributed by atoms with van der Waals surface area (Å²) in [5.74, 6) is 0. The van der Waals surface area contributed by atoms with Crippen LogP contribution in [0, 0.1) is 0 Å². The molecule has 0 heterocycles. The largest absolute Gasteiger partial charge is 1.00 e. The Hall–Kier alpha value is 0.200. The van der Waals surface area contributed by atoms with Gasteiger partial charge < -0.3 is 15.0 Å². The Kier molecular flexibility index (Phi) is 30.8. The van der Waals surface area contributed by atoms with Crippen molar-refractivity contribution in [3.8, 4) is 0 Å². The van der Waals surface area contributed by atoms with Crippen LogP contribution in [0.15, 0.2) is 0 Å². The second-order valence-corrected chi connectivity index (χ2v) is 0.533. The zero-order valence-electron chi connectivity index (χ0n) is 4.85. The standard InChI is InChI=1S/C2H5F.CH2O3.Na/c1-2-3;2-1(3)4;/h2H2,1H3;(H2,2,3,4);/q;;+1/p-1. The number of carbonyl (C=O) groups is 1. The third kappa shape index (κ3) is 4190. The van der Waals surface area contributed by atoms with Gasteiger partial charge in [0.1, 0.15) is 0 Å². The van der Waals surface area contributed by atoms with Crippen LogP contribution in [0.25, 0.3) is 0 Å². The number of carboxylic acid groups (broad SMARTS) is 2. The third-order valence-corrected chi connectivity index (χ3v) is 0. The van der Waals surface area contributed by atoms with E-state index >= 15 is 0 Å². The van der Waals surface area contributed by atoms with E-state index < -0.39 is 6.16 Å². The summed E-state index contributed by atoms with van der Waals surface area (Å²) in [6, 6.07) is 0. The molecule has 1 N–H and O–H groups in total. The Morgan fingerprint density at radius 3 is 1.88 bits per heavy atom. The molecule has 8 heavy (non-hydrogen) atoms. The van der Waals surface area contributed by atoms with Crippen LogP contribution >= 0.6 is 0 Å². The molecule has 0 saturated carbocycles. The number of hydrogen-bond acceptors (Lipinski definition) is 2. The van der Waals surface area contributed by atoms with Gasteiger partial charge in [-0.25, -0.2) is 0 Å². The van der Waals surface area contributed by atoms with Gasteiger partial charge in [-0.05, 0) is 6.92 Å². The smallest absolute Gasteiger partial charge is 0.565 e. The number of alkyl halides is 1. The van der Waals surface area contributed by atoms with E-state index in [2.05, 4.69) is 0 Å². The molecule has 0 aromatic carbocycles. The molecule has 0 aliphatic carbocycles. The molecule has 0 aliphatic heterocycles. The summed E-state index contributed by atoms with van der Waals surface area (Å²) in [6.45, 7) is 1.21. The molecule has 0 spiro atoms. The third-order valence-electron chi connectivity index (χ3n) is 0. The Bertz CT molecular complexity index is 45.8. The van der Waals surface area contributed by atoms with Crippen LogP contribution in [0.1, 0.15) is 6.92 Å². The Balaban J connectivity index is -0.0000000575. The van der Waals surface area contributed by atoms with E-state index in [9.17, 15) is 4.39 Å². The van der Waals surface area contributed by atoms with Gasteiger partial charge in [0.15, 0.2) is 0 Å². The van der Waals surface area contributed by atoms with Crippen molar-refractivity contribution in [1.29, 1.82) is 0 Å². The molecule has 0 fully saturated rings. The predicted octanol–water partition coefficient (Wildman–Crippen LogP) is -3.13. The molecular formula is C3H6FNaO3. The van der Waals surface area contributed by atoms with Crippen molar-refractivity contribution >= 4 is 6.16 Å². The van der Waals surface area contributed by atoms with Gasteiger partial charge >= 0.3 is 29.6 Å². The van der Waals surface area contributed by atoms with Crippen molar-refractivity contribution in [3.63, 3.8) is 0 Å². The average molecular weight is 132 g/mol. The molecule has 0 bridgehead atoms. The van der Waals surface area contributed by atoms with Gasteiger partial charge in [-0.1, -0.05) is 0 Å². The molecule has 0 unspecified atom stereocenters. The first-order chi connectivity index (χ1) is 3.15. The van der Waals surface area contributed by atoms with Crippen LogP contribution in [0.2, 0.25) is 0 Å². The predicted molar refractivity (Wildman–Crippen MR) is 19.7 cm³/mol. The minimum Gasteiger partial charge on any atom is -0.565 e. The van der Waals surface area contributed by atoms with Crippen molar-refractivity contribution in [2.24, 2.45) is 0 Å². The zero-order chi connectivity index (χ0) is 6.28. The summed E-state index contributed by atoms with van der Waals surface area (Å²) in [6.07, 6.45) is -2.08. The van der Waals surface area contributed by atoms with Crippen molar-refractivity contribution in [3.05, 3.63) is 0 Å². The maximum atomic E-state index is 10.3. The summed E-state index contributed by atoms with van der Waals surface area (Å²) in [5.41, 5.74) is 0. The molecule has 0 aliphatic rings. The topological polar surface area (TPSA) is 60.4 Å². The summed E-state index contributed by atoms with van der Waals surface area (Å²) in [7, 11) is 0. The van der Waals surface area contributed by atoms with E-state index in [1.165, 1.54) is 6.92 Å². The molecule has 5 heteroatoms. The molecule has 3 nitrogen and oxygen atoms in total. The first-order valence-electron chi connectivity index (χ1n) is 1.61. The summed E-state index contributed by atoms with van der Waals surface area (Å²) in [5, 5.41) is 15.3. The van der Waals surface area contributed by atoms with Gasteiger partial charge in [-0.3, -0.25) is 4.39 Å². The minimum absolute atomic E-state index is 0. The zero-order valence-corrected chi connectivity index (χ0v) is 6.85. The van der Waals surface area contributed by atoms with Crippen molar-refractivity contribution < 1.29 is 49.0 Å².